The van der Waals surface area contributed by atoms with E-state index in [9.17, 15) is 8.42 Å². The number of nitrogens with two attached hydrogens (primary N) is 2. The van der Waals surface area contributed by atoms with Crippen molar-refractivity contribution in [2.75, 3.05) is 6.54 Å². The molecule has 5 nitrogen and oxygen atoms in total. The predicted molar refractivity (Wildman–Crippen MR) is 60.2 cm³/mol. The van der Waals surface area contributed by atoms with Gasteiger partial charge in [-0.15, -0.1) is 11.3 Å². The lowest BCUT2D eigenvalue weighted by molar-refractivity contribution is 0.583. The van der Waals surface area contributed by atoms with E-state index in [4.69, 9.17) is 10.9 Å². The Balaban J connectivity index is 2.61. The highest BCUT2D eigenvalue weighted by atomic mass is 32.2. The maximum atomic E-state index is 10.6. The molecule has 0 radical (unpaired) electrons. The first-order valence-electron chi connectivity index (χ1n) is 4.06. The van der Waals surface area contributed by atoms with Crippen LogP contribution in [0.2, 0.25) is 0 Å². The van der Waals surface area contributed by atoms with E-state index >= 15 is 0 Å². The molecule has 1 aromatic heterocycles. The van der Waals surface area contributed by atoms with Gasteiger partial charge in [0.1, 0.15) is 0 Å². The van der Waals surface area contributed by atoms with Crippen LogP contribution in [0, 0.1) is 11.8 Å². The third-order valence-corrected chi connectivity index (χ3v) is 2.97. The summed E-state index contributed by atoms with van der Waals surface area (Å²) in [6, 6.07) is 3.61. The fraction of sp³-hybridized carbons (Fsp3) is 0.250. The fourth-order valence-corrected chi connectivity index (χ4v) is 2.12. The van der Waals surface area contributed by atoms with E-state index < -0.39 is 10.2 Å². The molecule has 1 heterocycles. The monoisotopic (exact) mass is 245 g/mol. The molecule has 82 valence electrons. The lowest BCUT2D eigenvalue weighted by atomic mass is 10.4. The quantitative estimate of drug-likeness (QED) is 0.617. The third kappa shape index (κ3) is 4.92. The summed E-state index contributed by atoms with van der Waals surface area (Å²) in [7, 11) is -3.63. The molecule has 0 amide bonds. The van der Waals surface area contributed by atoms with Gasteiger partial charge in [-0.1, -0.05) is 11.8 Å². The van der Waals surface area contributed by atoms with E-state index in [2.05, 4.69) is 16.6 Å². The van der Waals surface area contributed by atoms with Crippen LogP contribution in [0.5, 0.6) is 0 Å². The molecule has 0 spiro atoms. The van der Waals surface area contributed by atoms with E-state index in [-0.39, 0.29) is 6.54 Å². The first-order valence-corrected chi connectivity index (χ1v) is 6.42. The largest absolute Gasteiger partial charge is 0.320 e. The van der Waals surface area contributed by atoms with Gasteiger partial charge in [0, 0.05) is 11.4 Å². The molecule has 0 aliphatic carbocycles. The maximum absolute atomic E-state index is 10.6. The molecule has 7 heteroatoms. The lowest BCUT2D eigenvalue weighted by Crippen LogP contribution is -2.29. The van der Waals surface area contributed by atoms with Gasteiger partial charge in [-0.05, 0) is 12.1 Å². The highest BCUT2D eigenvalue weighted by Gasteiger charge is 2.03. The van der Waals surface area contributed by atoms with Crippen molar-refractivity contribution in [1.29, 1.82) is 0 Å². The summed E-state index contributed by atoms with van der Waals surface area (Å²) in [5.74, 6) is 5.57. The summed E-state index contributed by atoms with van der Waals surface area (Å²) >= 11 is 1.40. The number of thiophene rings is 1. The van der Waals surface area contributed by atoms with Crippen LogP contribution in [0.4, 0.5) is 0 Å². The van der Waals surface area contributed by atoms with E-state index in [1.54, 1.807) is 6.07 Å². The van der Waals surface area contributed by atoms with Crippen LogP contribution in [0.1, 0.15) is 9.75 Å². The standard InChI is InChI=1S/C8H11N3O2S2/c9-5-1-2-7-3-4-8(14-7)6-11-15(10,12)13/h3-4,11H,5-6,9H2,(H2,10,12,13). The molecule has 0 unspecified atom stereocenters. The van der Waals surface area contributed by atoms with Crippen LogP contribution in [-0.2, 0) is 16.8 Å². The molecular weight excluding hydrogens is 234 g/mol. The minimum Gasteiger partial charge on any atom is -0.320 e. The second-order valence-electron chi connectivity index (χ2n) is 2.64. The zero-order valence-corrected chi connectivity index (χ0v) is 9.49. The van der Waals surface area contributed by atoms with E-state index in [0.29, 0.717) is 6.54 Å². The molecule has 0 saturated heterocycles. The summed E-state index contributed by atoms with van der Waals surface area (Å²) in [6.45, 7) is 0.496. The molecule has 1 aromatic rings. The summed E-state index contributed by atoms with van der Waals surface area (Å²) in [5.41, 5.74) is 5.22. The van der Waals surface area contributed by atoms with Crippen LogP contribution in [-0.4, -0.2) is 15.0 Å². The number of hydrogen-bond donors (Lipinski definition) is 3. The molecule has 0 bridgehead atoms. The van der Waals surface area contributed by atoms with Gasteiger partial charge < -0.3 is 5.73 Å². The van der Waals surface area contributed by atoms with Crippen LogP contribution in [0.15, 0.2) is 12.1 Å². The molecule has 15 heavy (non-hydrogen) atoms. The van der Waals surface area contributed by atoms with Gasteiger partial charge >= 0.3 is 0 Å². The Labute approximate surface area is 92.7 Å². The lowest BCUT2D eigenvalue weighted by Gasteiger charge is -1.97. The summed E-state index contributed by atoms with van der Waals surface area (Å²) in [4.78, 5) is 1.71. The van der Waals surface area contributed by atoms with Crippen molar-refractivity contribution in [3.8, 4) is 11.8 Å². The van der Waals surface area contributed by atoms with Crippen molar-refractivity contribution < 1.29 is 8.42 Å². The normalized spacial score (nSPS) is 10.8. The first kappa shape index (κ1) is 12.2. The van der Waals surface area contributed by atoms with Crippen molar-refractivity contribution in [2.24, 2.45) is 10.9 Å². The van der Waals surface area contributed by atoms with E-state index in [1.807, 2.05) is 6.07 Å². The van der Waals surface area contributed by atoms with Crippen molar-refractivity contribution in [3.63, 3.8) is 0 Å². The van der Waals surface area contributed by atoms with Crippen molar-refractivity contribution in [1.82, 2.24) is 4.72 Å². The summed E-state index contributed by atoms with van der Waals surface area (Å²) < 4.78 is 23.4. The Kier molecular flexibility index (Phi) is 4.26. The Bertz CT molecular complexity index is 481. The number of rotatable bonds is 3. The van der Waals surface area contributed by atoms with Crippen molar-refractivity contribution in [2.45, 2.75) is 6.54 Å². The van der Waals surface area contributed by atoms with Gasteiger partial charge in [0.05, 0.1) is 11.4 Å². The fourth-order valence-electron chi connectivity index (χ4n) is 0.850. The molecule has 0 aliphatic heterocycles. The van der Waals surface area contributed by atoms with Gasteiger partial charge in [0.25, 0.3) is 10.2 Å². The molecule has 0 saturated carbocycles. The Morgan fingerprint density at radius 2 is 2.20 bits per heavy atom. The van der Waals surface area contributed by atoms with E-state index in [1.165, 1.54) is 11.3 Å². The Morgan fingerprint density at radius 3 is 2.80 bits per heavy atom. The molecule has 1 rings (SSSR count). The van der Waals surface area contributed by atoms with Crippen molar-refractivity contribution >= 4 is 21.5 Å². The Morgan fingerprint density at radius 1 is 1.47 bits per heavy atom. The van der Waals surface area contributed by atoms with Crippen LogP contribution >= 0.6 is 11.3 Å². The highest BCUT2D eigenvalue weighted by Crippen LogP contribution is 2.14. The highest BCUT2D eigenvalue weighted by molar-refractivity contribution is 7.87. The summed E-state index contributed by atoms with van der Waals surface area (Å²) in [5, 5.41) is 4.79. The summed E-state index contributed by atoms with van der Waals surface area (Å²) in [6.07, 6.45) is 0. The van der Waals surface area contributed by atoms with Crippen LogP contribution in [0.25, 0.3) is 0 Å². The zero-order valence-electron chi connectivity index (χ0n) is 7.86. The Hall–Kier alpha value is -0.910. The number of nitrogens with one attached hydrogen (secondary N) is 1. The topological polar surface area (TPSA) is 98.2 Å². The van der Waals surface area contributed by atoms with Crippen LogP contribution < -0.4 is 15.6 Å². The molecule has 0 aliphatic rings. The zero-order chi connectivity index (χ0) is 11.3. The molecule has 0 aromatic carbocycles. The minimum absolute atomic E-state index is 0.188. The molecular formula is C8H11N3O2S2. The first-order chi connectivity index (χ1) is 7.01. The third-order valence-electron chi connectivity index (χ3n) is 1.42. The van der Waals surface area contributed by atoms with E-state index in [0.717, 1.165) is 9.75 Å². The number of hydrogen-bond acceptors (Lipinski definition) is 4. The SMILES string of the molecule is NCC#Cc1ccc(CNS(N)(=O)=O)s1. The van der Waals surface area contributed by atoms with Crippen LogP contribution in [0.3, 0.4) is 0 Å². The van der Waals surface area contributed by atoms with Crippen molar-refractivity contribution in [3.05, 3.63) is 21.9 Å². The average molecular weight is 245 g/mol. The van der Waals surface area contributed by atoms with Gasteiger partial charge in [-0.3, -0.25) is 0 Å². The second-order valence-corrected chi connectivity index (χ2v) is 5.19. The molecule has 5 N–H and O–H groups in total. The van der Waals surface area contributed by atoms with Gasteiger partial charge in [0.15, 0.2) is 0 Å². The minimum atomic E-state index is -3.63. The smallest absolute Gasteiger partial charge is 0.274 e. The van der Waals surface area contributed by atoms with Gasteiger partial charge in [-0.25, -0.2) is 5.14 Å². The predicted octanol–water partition coefficient (Wildman–Crippen LogP) is -0.649. The average Bonchev–Trinajstić information content (AvgIpc) is 2.58. The van der Waals surface area contributed by atoms with Gasteiger partial charge in [0.2, 0.25) is 0 Å². The molecule has 0 atom stereocenters. The second kappa shape index (κ2) is 5.25. The van der Waals surface area contributed by atoms with Gasteiger partial charge in [-0.2, -0.15) is 13.1 Å². The maximum Gasteiger partial charge on any atom is 0.274 e. The molecule has 0 fully saturated rings.